The Morgan fingerprint density at radius 3 is 0.852 bits per heavy atom. The minimum atomic E-state index is -2.54. The van der Waals surface area contributed by atoms with Crippen LogP contribution in [0.3, 0.4) is 0 Å². The van der Waals surface area contributed by atoms with Gasteiger partial charge in [0.2, 0.25) is 0 Å². The molecular formula is C16H7AlF10+2. The maximum atomic E-state index is 14.2. The molecule has 0 saturated heterocycles. The van der Waals surface area contributed by atoms with Crippen molar-refractivity contribution < 1.29 is 43.9 Å². The van der Waals surface area contributed by atoms with Crippen LogP contribution in [-0.4, -0.2) is 16.3 Å². The molecule has 2 aromatic rings. The summed E-state index contributed by atoms with van der Waals surface area (Å²) in [6.07, 6.45) is 0. The Morgan fingerprint density at radius 2 is 0.667 bits per heavy atom. The molecule has 27 heavy (non-hydrogen) atoms. The second-order valence-electron chi connectivity index (χ2n) is 6.22. The van der Waals surface area contributed by atoms with Crippen LogP contribution in [-0.2, 0) is 0 Å². The third-order valence-corrected chi connectivity index (χ3v) is 4.14. The van der Waals surface area contributed by atoms with Crippen LogP contribution in [0.2, 0.25) is 4.28 Å². The van der Waals surface area contributed by atoms with E-state index in [9.17, 15) is 43.9 Å². The summed E-state index contributed by atoms with van der Waals surface area (Å²) in [6.45, 7) is 2.05. The van der Waals surface area contributed by atoms with Gasteiger partial charge in [-0.1, -0.05) is 0 Å². The maximum absolute atomic E-state index is 14.2. The molecule has 0 aromatic heterocycles. The molecule has 11 heteroatoms. The summed E-state index contributed by atoms with van der Waals surface area (Å²) in [6, 6.07) is 0. The molecule has 0 bridgehead atoms. The summed E-state index contributed by atoms with van der Waals surface area (Å²) in [7, 11) is 0. The average molecular weight is 416 g/mol. The van der Waals surface area contributed by atoms with Gasteiger partial charge in [-0.05, 0) is 0 Å². The molecule has 142 valence electrons. The summed E-state index contributed by atoms with van der Waals surface area (Å²) in [5, 5.41) is 0. The van der Waals surface area contributed by atoms with E-state index in [1.54, 1.807) is 0 Å². The van der Waals surface area contributed by atoms with E-state index in [2.05, 4.69) is 0 Å². The molecule has 0 atom stereocenters. The fourth-order valence-corrected chi connectivity index (χ4v) is 2.97. The zero-order valence-electron chi connectivity index (χ0n) is 13.4. The van der Waals surface area contributed by atoms with Gasteiger partial charge < -0.3 is 0 Å². The first kappa shape index (κ1) is 21.6. The second-order valence-corrected chi connectivity index (χ2v) is 7.71. The van der Waals surface area contributed by atoms with Crippen molar-refractivity contribution in [3.05, 3.63) is 69.3 Å². The Kier molecular flexibility index (Phi) is 5.61. The van der Waals surface area contributed by atoms with Crippen LogP contribution in [0.4, 0.5) is 43.9 Å². The van der Waals surface area contributed by atoms with E-state index in [0.717, 1.165) is 13.8 Å². The SMILES string of the molecule is C[C](C)([Al+2])C(c1c(F)c(F)c(F)c(F)c1F)c1c(F)c(F)c(F)c(F)c1F. The van der Waals surface area contributed by atoms with Gasteiger partial charge in [-0.3, -0.25) is 0 Å². The molecule has 0 radical (unpaired) electrons. The number of hydrogen-bond acceptors (Lipinski definition) is 0. The van der Waals surface area contributed by atoms with E-state index in [-0.39, 0.29) is 0 Å². The third kappa shape index (κ3) is 3.31. The Balaban J connectivity index is 3.04. The van der Waals surface area contributed by atoms with Gasteiger partial charge in [0, 0.05) is 0 Å². The predicted octanol–water partition coefficient (Wildman–Crippen LogP) is 5.58. The van der Waals surface area contributed by atoms with Crippen molar-refractivity contribution in [1.82, 2.24) is 0 Å². The molecule has 0 unspecified atom stereocenters. The van der Waals surface area contributed by atoms with Gasteiger partial charge in [0.1, 0.15) is 0 Å². The minimum absolute atomic E-state index is 1.03. The van der Waals surface area contributed by atoms with Crippen LogP contribution in [0, 0.1) is 58.2 Å². The molecule has 0 amide bonds. The van der Waals surface area contributed by atoms with Gasteiger partial charge in [-0.15, -0.1) is 0 Å². The van der Waals surface area contributed by atoms with Crippen LogP contribution in [0.25, 0.3) is 0 Å². The molecular weight excluding hydrogens is 409 g/mol. The first-order valence-electron chi connectivity index (χ1n) is 7.04. The summed E-state index contributed by atoms with van der Waals surface area (Å²) in [5.41, 5.74) is -3.45. The van der Waals surface area contributed by atoms with Crippen molar-refractivity contribution in [2.45, 2.75) is 24.0 Å². The van der Waals surface area contributed by atoms with Crippen LogP contribution in [0.1, 0.15) is 30.9 Å². The third-order valence-electron chi connectivity index (χ3n) is 3.81. The van der Waals surface area contributed by atoms with Crippen molar-refractivity contribution in [2.24, 2.45) is 0 Å². The number of hydrogen-bond donors (Lipinski definition) is 0. The van der Waals surface area contributed by atoms with E-state index in [1.807, 2.05) is 16.3 Å². The molecule has 0 N–H and O–H groups in total. The van der Waals surface area contributed by atoms with Gasteiger partial charge in [0.05, 0.1) is 0 Å². The molecule has 2 aromatic carbocycles. The first-order chi connectivity index (χ1) is 12.2. The van der Waals surface area contributed by atoms with Crippen molar-refractivity contribution in [3.8, 4) is 0 Å². The molecule has 0 heterocycles. The van der Waals surface area contributed by atoms with Gasteiger partial charge in [0.15, 0.2) is 0 Å². The zero-order valence-corrected chi connectivity index (χ0v) is 14.6. The molecule has 0 spiro atoms. The topological polar surface area (TPSA) is 0 Å². The van der Waals surface area contributed by atoms with Gasteiger partial charge >= 0.3 is 154 Å². The first-order valence-corrected chi connectivity index (χ1v) is 7.62. The normalized spacial score (nSPS) is 12.3. The fraction of sp³-hybridized carbons (Fsp3) is 0.250. The molecule has 0 fully saturated rings. The zero-order chi connectivity index (χ0) is 21.0. The van der Waals surface area contributed by atoms with Crippen molar-refractivity contribution in [2.75, 3.05) is 0 Å². The number of halogens is 10. The number of rotatable bonds is 3. The van der Waals surface area contributed by atoms with Gasteiger partial charge in [0.25, 0.3) is 0 Å². The second kappa shape index (κ2) is 7.02. The molecule has 0 aliphatic heterocycles. The Hall–Kier alpha value is -1.73. The van der Waals surface area contributed by atoms with Crippen LogP contribution in [0.5, 0.6) is 0 Å². The Morgan fingerprint density at radius 1 is 0.481 bits per heavy atom. The molecule has 0 saturated carbocycles. The van der Waals surface area contributed by atoms with Crippen molar-refractivity contribution >= 4 is 16.3 Å². The van der Waals surface area contributed by atoms with Crippen LogP contribution < -0.4 is 0 Å². The molecule has 0 nitrogen and oxygen atoms in total. The average Bonchev–Trinajstić information content (AvgIpc) is 2.59. The monoisotopic (exact) mass is 416 g/mol. The van der Waals surface area contributed by atoms with Gasteiger partial charge in [-0.2, -0.15) is 0 Å². The molecule has 0 aliphatic rings. The quantitative estimate of drug-likeness (QED) is 0.266. The Labute approximate surface area is 154 Å². The van der Waals surface area contributed by atoms with E-state index >= 15 is 0 Å². The van der Waals surface area contributed by atoms with E-state index in [1.165, 1.54) is 0 Å². The van der Waals surface area contributed by atoms with E-state index in [4.69, 9.17) is 0 Å². The van der Waals surface area contributed by atoms with Gasteiger partial charge in [-0.25, -0.2) is 0 Å². The van der Waals surface area contributed by atoms with Crippen molar-refractivity contribution in [1.29, 1.82) is 0 Å². The molecule has 0 aliphatic carbocycles. The van der Waals surface area contributed by atoms with E-state index < -0.39 is 79.5 Å². The van der Waals surface area contributed by atoms with Crippen LogP contribution >= 0.6 is 0 Å². The predicted molar refractivity (Wildman–Crippen MR) is 74.1 cm³/mol. The summed E-state index contributed by atoms with van der Waals surface area (Å²) in [5.74, 6) is -27.0. The number of benzene rings is 2. The summed E-state index contributed by atoms with van der Waals surface area (Å²) in [4.78, 5) is 0. The standard InChI is InChI=1S/C16H7F10.Al/c1-3(2)4(5-7(17)11(21)15(25)12(22)8(5)18)6-9(19)13(23)16(26)14(24)10(6)20;/h4H,1-2H3;/q;+2. The Bertz CT molecular complexity index is 805. The fourth-order valence-electron chi connectivity index (χ4n) is 2.64. The van der Waals surface area contributed by atoms with Crippen molar-refractivity contribution in [3.63, 3.8) is 0 Å². The molecule has 2 rings (SSSR count). The summed E-state index contributed by atoms with van der Waals surface area (Å²) >= 11 is 1.81. The summed E-state index contributed by atoms with van der Waals surface area (Å²) < 4.78 is 136. The van der Waals surface area contributed by atoms with E-state index in [0.29, 0.717) is 0 Å². The van der Waals surface area contributed by atoms with Crippen LogP contribution in [0.15, 0.2) is 0 Å².